The maximum atomic E-state index is 13.4. The fourth-order valence-electron chi connectivity index (χ4n) is 1.73. The van der Waals surface area contributed by atoms with Gasteiger partial charge in [-0.15, -0.1) is 0 Å². The topological polar surface area (TPSA) is 80.9 Å². The number of amides is 1. The number of carbonyl (C=O) groups is 1. The Morgan fingerprint density at radius 3 is 3.00 bits per heavy atom. The number of pyridine rings is 2. The molecule has 2 heterocycles. The van der Waals surface area contributed by atoms with Crippen LogP contribution in [0, 0.1) is 5.82 Å². The smallest absolute Gasteiger partial charge is 0.253 e. The Morgan fingerprint density at radius 1 is 1.40 bits per heavy atom. The predicted molar refractivity (Wildman–Crippen MR) is 72.4 cm³/mol. The highest BCUT2D eigenvalue weighted by Crippen LogP contribution is 2.05. The van der Waals surface area contributed by atoms with E-state index >= 15 is 0 Å². The van der Waals surface area contributed by atoms with E-state index in [1.54, 1.807) is 12.3 Å². The minimum Gasteiger partial charge on any atom is -0.346 e. The van der Waals surface area contributed by atoms with E-state index in [1.165, 1.54) is 24.5 Å². The van der Waals surface area contributed by atoms with Gasteiger partial charge in [0.25, 0.3) is 5.91 Å². The summed E-state index contributed by atoms with van der Waals surface area (Å²) in [5, 5.41) is 2.61. The number of aromatic nitrogens is 2. The highest BCUT2D eigenvalue weighted by atomic mass is 19.1. The summed E-state index contributed by atoms with van der Waals surface area (Å²) >= 11 is 0. The molecule has 0 aliphatic carbocycles. The second kappa shape index (κ2) is 6.72. The molecule has 0 atom stereocenters. The molecule has 0 saturated heterocycles. The SMILES string of the molecule is NCCc1cncc(C(=O)NCc2ncccc2F)c1. The van der Waals surface area contributed by atoms with Crippen LogP contribution in [0.25, 0.3) is 0 Å². The Labute approximate surface area is 116 Å². The fraction of sp³-hybridized carbons (Fsp3) is 0.214. The number of nitrogens with two attached hydrogens (primary N) is 1. The molecule has 0 spiro atoms. The van der Waals surface area contributed by atoms with Gasteiger partial charge in [0.1, 0.15) is 5.82 Å². The van der Waals surface area contributed by atoms with E-state index in [0.29, 0.717) is 18.5 Å². The second-order valence-electron chi connectivity index (χ2n) is 4.24. The van der Waals surface area contributed by atoms with Gasteiger partial charge in [0, 0.05) is 18.6 Å². The molecule has 0 radical (unpaired) electrons. The zero-order valence-electron chi connectivity index (χ0n) is 10.8. The molecule has 5 nitrogen and oxygen atoms in total. The Bertz CT molecular complexity index is 603. The molecule has 0 aliphatic heterocycles. The summed E-state index contributed by atoms with van der Waals surface area (Å²) in [6.07, 6.45) is 5.27. The van der Waals surface area contributed by atoms with Crippen molar-refractivity contribution in [3.63, 3.8) is 0 Å². The minimum atomic E-state index is -0.442. The summed E-state index contributed by atoms with van der Waals surface area (Å²) in [5.74, 6) is -0.760. The molecule has 6 heteroatoms. The van der Waals surface area contributed by atoms with Gasteiger partial charge in [-0.05, 0) is 36.7 Å². The van der Waals surface area contributed by atoms with Crippen molar-refractivity contribution >= 4 is 5.91 Å². The van der Waals surface area contributed by atoms with E-state index in [0.717, 1.165) is 5.56 Å². The van der Waals surface area contributed by atoms with Crippen LogP contribution in [0.4, 0.5) is 4.39 Å². The van der Waals surface area contributed by atoms with Crippen molar-refractivity contribution in [1.82, 2.24) is 15.3 Å². The first-order valence-electron chi connectivity index (χ1n) is 6.22. The predicted octanol–water partition coefficient (Wildman–Crippen LogP) is 1.05. The van der Waals surface area contributed by atoms with Crippen molar-refractivity contribution in [3.05, 3.63) is 59.4 Å². The van der Waals surface area contributed by atoms with Crippen LogP contribution in [0.5, 0.6) is 0 Å². The number of rotatable bonds is 5. The lowest BCUT2D eigenvalue weighted by Crippen LogP contribution is -2.24. The van der Waals surface area contributed by atoms with Crippen LogP contribution in [0.3, 0.4) is 0 Å². The highest BCUT2D eigenvalue weighted by Gasteiger charge is 2.09. The van der Waals surface area contributed by atoms with Gasteiger partial charge in [-0.2, -0.15) is 0 Å². The van der Waals surface area contributed by atoms with Crippen molar-refractivity contribution in [2.24, 2.45) is 5.73 Å². The molecular formula is C14H15FN4O. The maximum Gasteiger partial charge on any atom is 0.253 e. The Morgan fingerprint density at radius 2 is 2.25 bits per heavy atom. The summed E-state index contributed by atoms with van der Waals surface area (Å²) in [4.78, 5) is 19.8. The number of hydrogen-bond donors (Lipinski definition) is 2. The molecule has 3 N–H and O–H groups in total. The van der Waals surface area contributed by atoms with Gasteiger partial charge in [-0.1, -0.05) is 0 Å². The van der Waals surface area contributed by atoms with E-state index in [2.05, 4.69) is 15.3 Å². The molecule has 1 amide bonds. The van der Waals surface area contributed by atoms with Crippen molar-refractivity contribution in [3.8, 4) is 0 Å². The van der Waals surface area contributed by atoms with Gasteiger partial charge in [0.05, 0.1) is 17.8 Å². The zero-order valence-corrected chi connectivity index (χ0v) is 10.8. The Balaban J connectivity index is 2.01. The third-order valence-corrected chi connectivity index (χ3v) is 2.74. The van der Waals surface area contributed by atoms with Crippen LogP contribution in [0.2, 0.25) is 0 Å². The quantitative estimate of drug-likeness (QED) is 0.854. The summed E-state index contributed by atoms with van der Waals surface area (Å²) in [6, 6.07) is 4.53. The Kier molecular flexibility index (Phi) is 4.73. The molecule has 2 aromatic rings. The molecule has 0 fully saturated rings. The van der Waals surface area contributed by atoms with Crippen LogP contribution < -0.4 is 11.1 Å². The first-order valence-corrected chi connectivity index (χ1v) is 6.22. The molecule has 0 aromatic carbocycles. The fourth-order valence-corrected chi connectivity index (χ4v) is 1.73. The van der Waals surface area contributed by atoms with E-state index in [4.69, 9.17) is 5.73 Å². The lowest BCUT2D eigenvalue weighted by Gasteiger charge is -2.06. The van der Waals surface area contributed by atoms with Crippen molar-refractivity contribution in [2.45, 2.75) is 13.0 Å². The van der Waals surface area contributed by atoms with Crippen LogP contribution >= 0.6 is 0 Å². The zero-order chi connectivity index (χ0) is 14.4. The molecule has 0 unspecified atom stereocenters. The van der Waals surface area contributed by atoms with Gasteiger partial charge in [0.15, 0.2) is 0 Å². The van der Waals surface area contributed by atoms with E-state index in [9.17, 15) is 9.18 Å². The first-order chi connectivity index (χ1) is 9.70. The lowest BCUT2D eigenvalue weighted by atomic mass is 10.1. The van der Waals surface area contributed by atoms with Crippen LogP contribution in [0.15, 0.2) is 36.8 Å². The molecular weight excluding hydrogens is 259 g/mol. The number of halogens is 1. The van der Waals surface area contributed by atoms with Gasteiger partial charge in [0.2, 0.25) is 0 Å². The van der Waals surface area contributed by atoms with E-state index in [-0.39, 0.29) is 18.1 Å². The third-order valence-electron chi connectivity index (χ3n) is 2.74. The molecule has 0 bridgehead atoms. The number of hydrogen-bond acceptors (Lipinski definition) is 4. The van der Waals surface area contributed by atoms with Crippen LogP contribution in [-0.4, -0.2) is 22.4 Å². The highest BCUT2D eigenvalue weighted by molar-refractivity contribution is 5.93. The molecule has 20 heavy (non-hydrogen) atoms. The van der Waals surface area contributed by atoms with Crippen molar-refractivity contribution in [2.75, 3.05) is 6.54 Å². The standard InChI is InChI=1S/C14H15FN4O/c15-12-2-1-5-18-13(12)9-19-14(20)11-6-10(3-4-16)7-17-8-11/h1-2,5-8H,3-4,9,16H2,(H,19,20). The molecule has 2 aromatic heterocycles. The lowest BCUT2D eigenvalue weighted by molar-refractivity contribution is 0.0949. The summed E-state index contributed by atoms with van der Waals surface area (Å²) < 4.78 is 13.4. The average molecular weight is 274 g/mol. The molecule has 104 valence electrons. The van der Waals surface area contributed by atoms with Gasteiger partial charge >= 0.3 is 0 Å². The normalized spacial score (nSPS) is 10.3. The molecule has 0 saturated carbocycles. The molecule has 2 rings (SSSR count). The number of nitrogens with one attached hydrogen (secondary N) is 1. The average Bonchev–Trinajstić information content (AvgIpc) is 2.47. The van der Waals surface area contributed by atoms with Crippen LogP contribution in [0.1, 0.15) is 21.6 Å². The number of nitrogens with zero attached hydrogens (tertiary/aromatic N) is 2. The largest absolute Gasteiger partial charge is 0.346 e. The van der Waals surface area contributed by atoms with Crippen LogP contribution in [-0.2, 0) is 13.0 Å². The second-order valence-corrected chi connectivity index (χ2v) is 4.24. The summed E-state index contributed by atoms with van der Waals surface area (Å²) in [5.41, 5.74) is 6.98. The van der Waals surface area contributed by atoms with Gasteiger partial charge in [-0.3, -0.25) is 14.8 Å². The third kappa shape index (κ3) is 3.58. The molecule has 0 aliphatic rings. The number of carbonyl (C=O) groups excluding carboxylic acids is 1. The summed E-state index contributed by atoms with van der Waals surface area (Å²) in [6.45, 7) is 0.526. The Hall–Kier alpha value is -2.34. The monoisotopic (exact) mass is 274 g/mol. The van der Waals surface area contributed by atoms with Crippen molar-refractivity contribution in [1.29, 1.82) is 0 Å². The minimum absolute atomic E-state index is 0.0343. The maximum absolute atomic E-state index is 13.4. The van der Waals surface area contributed by atoms with E-state index < -0.39 is 5.82 Å². The first kappa shape index (κ1) is 14.1. The van der Waals surface area contributed by atoms with Gasteiger partial charge < -0.3 is 11.1 Å². The summed E-state index contributed by atoms with van der Waals surface area (Å²) in [7, 11) is 0. The van der Waals surface area contributed by atoms with Gasteiger partial charge in [-0.25, -0.2) is 4.39 Å². The van der Waals surface area contributed by atoms with E-state index in [1.807, 2.05) is 0 Å². The van der Waals surface area contributed by atoms with Crippen molar-refractivity contribution < 1.29 is 9.18 Å².